The van der Waals surface area contributed by atoms with E-state index >= 15 is 0 Å². The highest BCUT2D eigenvalue weighted by atomic mass is 19.1. The molecule has 1 aliphatic rings. The molecule has 4 aromatic rings. The number of nitrogens with zero attached hydrogens (tertiary/aromatic N) is 2. The molecule has 1 aromatic heterocycles. The van der Waals surface area contributed by atoms with Crippen molar-refractivity contribution >= 4 is 16.5 Å². The summed E-state index contributed by atoms with van der Waals surface area (Å²) in [6.07, 6.45) is 1.83. The lowest BCUT2D eigenvalue weighted by Crippen LogP contribution is -2.31. The number of hydrogen-bond acceptors (Lipinski definition) is 2. The summed E-state index contributed by atoms with van der Waals surface area (Å²) in [5.41, 5.74) is 6.46. The molecule has 1 fully saturated rings. The van der Waals surface area contributed by atoms with Crippen molar-refractivity contribution in [3.05, 3.63) is 119 Å². The highest BCUT2D eigenvalue weighted by Crippen LogP contribution is 2.33. The number of piperidine rings is 1. The third kappa shape index (κ3) is 4.46. The molecule has 4 heteroatoms. The van der Waals surface area contributed by atoms with E-state index in [0.717, 1.165) is 65.8 Å². The van der Waals surface area contributed by atoms with Crippen molar-refractivity contribution in [2.45, 2.75) is 19.4 Å². The quantitative estimate of drug-likeness (QED) is 0.365. The van der Waals surface area contributed by atoms with Crippen LogP contribution in [0.3, 0.4) is 0 Å². The van der Waals surface area contributed by atoms with Gasteiger partial charge in [0.05, 0.1) is 11.2 Å². The third-order valence-electron chi connectivity index (χ3n) is 6.12. The second kappa shape index (κ2) is 9.01. The van der Waals surface area contributed by atoms with Crippen LogP contribution >= 0.6 is 0 Å². The molecular weight excluding hydrogens is 402 g/mol. The van der Waals surface area contributed by atoms with Crippen LogP contribution in [0, 0.1) is 11.6 Å². The summed E-state index contributed by atoms with van der Waals surface area (Å²) in [6.45, 7) is 2.67. The fourth-order valence-corrected chi connectivity index (χ4v) is 4.46. The Balaban J connectivity index is 1.38. The molecule has 0 atom stereocenters. The lowest BCUT2D eigenvalue weighted by Gasteiger charge is -2.30. The van der Waals surface area contributed by atoms with Crippen LogP contribution < -0.4 is 0 Å². The van der Waals surface area contributed by atoms with Crippen LogP contribution in [-0.4, -0.2) is 23.0 Å². The predicted molar refractivity (Wildman–Crippen MR) is 125 cm³/mol. The van der Waals surface area contributed by atoms with Gasteiger partial charge in [-0.15, -0.1) is 0 Å². The molecule has 0 spiro atoms. The van der Waals surface area contributed by atoms with E-state index in [-0.39, 0.29) is 11.6 Å². The summed E-state index contributed by atoms with van der Waals surface area (Å²) in [6, 6.07) is 25.6. The summed E-state index contributed by atoms with van der Waals surface area (Å²) in [7, 11) is 0. The lowest BCUT2D eigenvalue weighted by atomic mass is 9.88. The van der Waals surface area contributed by atoms with Crippen LogP contribution in [0.4, 0.5) is 8.78 Å². The van der Waals surface area contributed by atoms with Gasteiger partial charge in [-0.25, -0.2) is 8.78 Å². The minimum absolute atomic E-state index is 0.255. The molecular formula is C28H24F2N2. The second-order valence-electron chi connectivity index (χ2n) is 8.26. The summed E-state index contributed by atoms with van der Waals surface area (Å²) in [4.78, 5) is 7.23. The zero-order valence-corrected chi connectivity index (χ0v) is 17.8. The zero-order chi connectivity index (χ0) is 21.9. The largest absolute Gasteiger partial charge is 0.297 e. The van der Waals surface area contributed by atoms with Crippen LogP contribution in [0.25, 0.3) is 16.5 Å². The Morgan fingerprint density at radius 1 is 0.719 bits per heavy atom. The third-order valence-corrected chi connectivity index (χ3v) is 6.12. The first-order chi connectivity index (χ1) is 15.7. The zero-order valence-electron chi connectivity index (χ0n) is 17.8. The minimum atomic E-state index is -0.255. The van der Waals surface area contributed by atoms with Gasteiger partial charge in [-0.05, 0) is 65.9 Å². The van der Waals surface area contributed by atoms with Crippen molar-refractivity contribution in [2.75, 3.05) is 13.1 Å². The molecule has 3 aromatic carbocycles. The first kappa shape index (κ1) is 20.5. The first-order valence-corrected chi connectivity index (χ1v) is 11.0. The maximum Gasteiger partial charge on any atom is 0.123 e. The smallest absolute Gasteiger partial charge is 0.123 e. The van der Waals surface area contributed by atoms with Gasteiger partial charge in [0.15, 0.2) is 0 Å². The molecule has 0 aliphatic carbocycles. The monoisotopic (exact) mass is 426 g/mol. The Bertz CT molecular complexity index is 1200. The molecule has 0 N–H and O–H groups in total. The van der Waals surface area contributed by atoms with Gasteiger partial charge in [0.25, 0.3) is 0 Å². The number of aromatic nitrogens is 1. The van der Waals surface area contributed by atoms with Crippen LogP contribution in [0.1, 0.15) is 29.7 Å². The predicted octanol–water partition coefficient (Wildman–Crippen LogP) is 6.61. The number of fused-ring (bicyclic) bond motifs is 1. The number of benzene rings is 3. The van der Waals surface area contributed by atoms with Crippen LogP contribution in [-0.2, 0) is 6.54 Å². The molecule has 1 saturated heterocycles. The standard InChI is InChI=1S/C28H24F2N2/c29-24-10-5-21(6-11-24)28(22-7-12-25(30)13-8-22)23-15-17-32(18-16-23)19-26-14-9-20-3-1-2-4-27(20)31-26/h1-14H,15-19H2. The fourth-order valence-electron chi connectivity index (χ4n) is 4.46. The van der Waals surface area contributed by atoms with Gasteiger partial charge in [0.2, 0.25) is 0 Å². The Hall–Kier alpha value is -3.37. The van der Waals surface area contributed by atoms with Gasteiger partial charge >= 0.3 is 0 Å². The van der Waals surface area contributed by atoms with Crippen LogP contribution in [0.5, 0.6) is 0 Å². The molecule has 0 unspecified atom stereocenters. The number of pyridine rings is 1. The number of hydrogen-bond donors (Lipinski definition) is 0. The molecule has 0 saturated carbocycles. The van der Waals surface area contributed by atoms with E-state index in [1.807, 2.05) is 42.5 Å². The molecule has 160 valence electrons. The average Bonchev–Trinajstić information content (AvgIpc) is 2.83. The number of halogens is 2. The number of para-hydroxylation sites is 1. The molecule has 32 heavy (non-hydrogen) atoms. The normalized spacial score (nSPS) is 14.6. The van der Waals surface area contributed by atoms with E-state index in [0.29, 0.717) is 0 Å². The molecule has 0 amide bonds. The Labute approximate surface area is 186 Å². The molecule has 2 nitrogen and oxygen atoms in total. The summed E-state index contributed by atoms with van der Waals surface area (Å²) in [5, 5.41) is 1.16. The van der Waals surface area contributed by atoms with Gasteiger partial charge in [-0.3, -0.25) is 9.88 Å². The van der Waals surface area contributed by atoms with Gasteiger partial charge < -0.3 is 0 Å². The average molecular weight is 427 g/mol. The van der Waals surface area contributed by atoms with Crippen molar-refractivity contribution in [3.63, 3.8) is 0 Å². The van der Waals surface area contributed by atoms with E-state index in [1.54, 1.807) is 0 Å². The number of likely N-dealkylation sites (tertiary alicyclic amines) is 1. The summed E-state index contributed by atoms with van der Waals surface area (Å²) in [5.74, 6) is -0.509. The number of rotatable bonds is 4. The Morgan fingerprint density at radius 2 is 1.31 bits per heavy atom. The highest BCUT2D eigenvalue weighted by Gasteiger charge is 2.20. The highest BCUT2D eigenvalue weighted by molar-refractivity contribution is 5.82. The van der Waals surface area contributed by atoms with Gasteiger partial charge in [0, 0.05) is 25.0 Å². The van der Waals surface area contributed by atoms with E-state index in [4.69, 9.17) is 4.98 Å². The topological polar surface area (TPSA) is 16.1 Å². The molecule has 2 heterocycles. The van der Waals surface area contributed by atoms with E-state index in [9.17, 15) is 8.78 Å². The fraction of sp³-hybridized carbons (Fsp3) is 0.179. The van der Waals surface area contributed by atoms with Crippen LogP contribution in [0.2, 0.25) is 0 Å². The molecule has 0 radical (unpaired) electrons. The molecule has 5 rings (SSSR count). The minimum Gasteiger partial charge on any atom is -0.297 e. The van der Waals surface area contributed by atoms with Crippen molar-refractivity contribution in [3.8, 4) is 0 Å². The van der Waals surface area contributed by atoms with Crippen molar-refractivity contribution in [1.29, 1.82) is 0 Å². The lowest BCUT2D eigenvalue weighted by molar-refractivity contribution is 0.246. The van der Waals surface area contributed by atoms with Gasteiger partial charge in [0.1, 0.15) is 11.6 Å². The Morgan fingerprint density at radius 3 is 1.94 bits per heavy atom. The van der Waals surface area contributed by atoms with E-state index in [1.165, 1.54) is 29.8 Å². The van der Waals surface area contributed by atoms with Crippen molar-refractivity contribution < 1.29 is 8.78 Å². The summed E-state index contributed by atoms with van der Waals surface area (Å²) < 4.78 is 27.1. The van der Waals surface area contributed by atoms with E-state index in [2.05, 4.69) is 23.1 Å². The Kier molecular flexibility index (Phi) is 5.78. The summed E-state index contributed by atoms with van der Waals surface area (Å²) >= 11 is 0. The maximum absolute atomic E-state index is 13.5. The van der Waals surface area contributed by atoms with E-state index < -0.39 is 0 Å². The molecule has 1 aliphatic heterocycles. The first-order valence-electron chi connectivity index (χ1n) is 11.0. The van der Waals surface area contributed by atoms with Gasteiger partial charge in [-0.2, -0.15) is 0 Å². The SMILES string of the molecule is Fc1ccc(C(=C2CCN(Cc3ccc4ccccc4n3)CC2)c2ccc(F)cc2)cc1. The maximum atomic E-state index is 13.5. The van der Waals surface area contributed by atoms with Crippen molar-refractivity contribution in [2.24, 2.45) is 0 Å². The second-order valence-corrected chi connectivity index (χ2v) is 8.26. The van der Waals surface area contributed by atoms with Gasteiger partial charge in [-0.1, -0.05) is 54.1 Å². The van der Waals surface area contributed by atoms with Crippen molar-refractivity contribution in [1.82, 2.24) is 9.88 Å². The molecule has 0 bridgehead atoms. The van der Waals surface area contributed by atoms with Crippen LogP contribution in [0.15, 0.2) is 90.5 Å².